The summed E-state index contributed by atoms with van der Waals surface area (Å²) in [7, 11) is 0. The summed E-state index contributed by atoms with van der Waals surface area (Å²) in [6.45, 7) is 2.35. The van der Waals surface area contributed by atoms with E-state index in [2.05, 4.69) is 5.32 Å². The summed E-state index contributed by atoms with van der Waals surface area (Å²) in [5.41, 5.74) is 0.461. The number of likely N-dealkylation sites (tertiary alicyclic amines) is 1. The molecule has 2 aliphatic heterocycles. The number of benzene rings is 1. The number of hydrogen-bond acceptors (Lipinski definition) is 4. The van der Waals surface area contributed by atoms with E-state index in [9.17, 15) is 9.59 Å². The zero-order valence-corrected chi connectivity index (χ0v) is 17.2. The normalized spacial score (nSPS) is 20.8. The largest absolute Gasteiger partial charge is 0.454 e. The zero-order valence-electron chi connectivity index (χ0n) is 17.2. The van der Waals surface area contributed by atoms with Crippen LogP contribution in [0.3, 0.4) is 0 Å². The highest BCUT2D eigenvalue weighted by Crippen LogP contribution is 2.43. The standard InChI is InChI=1S/C23H32N2O4/c26-21(25-14-6-1-2-7-15-25)10-13-24-22(27)23(11-4-3-5-12-23)18-8-9-19-20(16-18)29-17-28-19/h8-9,16H,1-7,10-15,17H2,(H,24,27). The Morgan fingerprint density at radius 1 is 0.931 bits per heavy atom. The number of carbonyl (C=O) groups is 2. The summed E-state index contributed by atoms with van der Waals surface area (Å²) in [5, 5.41) is 3.09. The lowest BCUT2D eigenvalue weighted by Crippen LogP contribution is -2.46. The van der Waals surface area contributed by atoms with Crippen molar-refractivity contribution in [3.63, 3.8) is 0 Å². The molecule has 1 aromatic rings. The van der Waals surface area contributed by atoms with Gasteiger partial charge in [-0.3, -0.25) is 9.59 Å². The molecule has 0 atom stereocenters. The average molecular weight is 401 g/mol. The number of nitrogens with one attached hydrogen (secondary N) is 1. The van der Waals surface area contributed by atoms with E-state index in [0.29, 0.717) is 13.0 Å². The number of ether oxygens (including phenoxy) is 2. The number of hydrogen-bond donors (Lipinski definition) is 1. The van der Waals surface area contributed by atoms with Crippen LogP contribution in [0.25, 0.3) is 0 Å². The molecule has 0 aromatic heterocycles. The summed E-state index contributed by atoms with van der Waals surface area (Å²) in [4.78, 5) is 27.8. The monoisotopic (exact) mass is 400 g/mol. The van der Waals surface area contributed by atoms with Crippen molar-refractivity contribution in [3.05, 3.63) is 23.8 Å². The lowest BCUT2D eigenvalue weighted by molar-refractivity contribution is -0.131. The number of rotatable bonds is 5. The van der Waals surface area contributed by atoms with Crippen LogP contribution in [0, 0.1) is 0 Å². The first-order valence-corrected chi connectivity index (χ1v) is 11.2. The maximum absolute atomic E-state index is 13.3. The van der Waals surface area contributed by atoms with Crippen LogP contribution >= 0.6 is 0 Å². The Balaban J connectivity index is 1.40. The molecule has 1 saturated carbocycles. The molecule has 4 rings (SSSR count). The fourth-order valence-corrected chi connectivity index (χ4v) is 4.93. The number of fused-ring (bicyclic) bond motifs is 1. The summed E-state index contributed by atoms with van der Waals surface area (Å²) in [6.07, 6.45) is 9.87. The first-order chi connectivity index (χ1) is 14.2. The fraction of sp³-hybridized carbons (Fsp3) is 0.652. The van der Waals surface area contributed by atoms with Gasteiger partial charge in [-0.15, -0.1) is 0 Å². The first-order valence-electron chi connectivity index (χ1n) is 11.2. The Labute approximate surface area is 172 Å². The SMILES string of the molecule is O=C(CCNC(=O)C1(c2ccc3c(c2)OCO3)CCCCC1)N1CCCCCC1. The van der Waals surface area contributed by atoms with Crippen molar-refractivity contribution in [2.24, 2.45) is 0 Å². The molecule has 1 aromatic carbocycles. The van der Waals surface area contributed by atoms with Crippen LogP contribution in [0.1, 0.15) is 69.8 Å². The minimum absolute atomic E-state index is 0.0414. The quantitative estimate of drug-likeness (QED) is 0.821. The van der Waals surface area contributed by atoms with Crippen LogP contribution in [0.5, 0.6) is 11.5 Å². The molecule has 6 nitrogen and oxygen atoms in total. The third-order valence-electron chi connectivity index (χ3n) is 6.65. The molecule has 0 spiro atoms. The van der Waals surface area contributed by atoms with Crippen LogP contribution in [-0.2, 0) is 15.0 Å². The van der Waals surface area contributed by atoms with Gasteiger partial charge >= 0.3 is 0 Å². The van der Waals surface area contributed by atoms with Crippen molar-refractivity contribution in [2.45, 2.75) is 69.6 Å². The van der Waals surface area contributed by atoms with Gasteiger partial charge in [0.2, 0.25) is 18.6 Å². The van der Waals surface area contributed by atoms with Gasteiger partial charge in [0.1, 0.15) is 0 Å². The highest BCUT2D eigenvalue weighted by atomic mass is 16.7. The lowest BCUT2D eigenvalue weighted by atomic mass is 9.68. The molecule has 158 valence electrons. The predicted molar refractivity (Wildman–Crippen MR) is 110 cm³/mol. The lowest BCUT2D eigenvalue weighted by Gasteiger charge is -2.36. The summed E-state index contributed by atoms with van der Waals surface area (Å²) >= 11 is 0. The van der Waals surface area contributed by atoms with Crippen molar-refractivity contribution in [1.29, 1.82) is 0 Å². The second-order valence-electron chi connectivity index (χ2n) is 8.51. The van der Waals surface area contributed by atoms with Crippen molar-refractivity contribution in [1.82, 2.24) is 10.2 Å². The minimum Gasteiger partial charge on any atom is -0.454 e. The van der Waals surface area contributed by atoms with E-state index in [4.69, 9.17) is 9.47 Å². The Morgan fingerprint density at radius 3 is 2.38 bits per heavy atom. The number of amides is 2. The molecule has 2 fully saturated rings. The second kappa shape index (κ2) is 9.06. The second-order valence-corrected chi connectivity index (χ2v) is 8.51. The van der Waals surface area contributed by atoms with Gasteiger partial charge in [-0.25, -0.2) is 0 Å². The Kier molecular flexibility index (Phi) is 6.26. The van der Waals surface area contributed by atoms with Crippen molar-refractivity contribution >= 4 is 11.8 Å². The number of carbonyl (C=O) groups excluding carboxylic acids is 2. The van der Waals surface area contributed by atoms with E-state index in [0.717, 1.165) is 75.1 Å². The van der Waals surface area contributed by atoms with Gasteiger partial charge in [0.05, 0.1) is 5.41 Å². The predicted octanol–water partition coefficient (Wildman–Crippen LogP) is 3.53. The van der Waals surface area contributed by atoms with Crippen molar-refractivity contribution in [3.8, 4) is 11.5 Å². The molecule has 2 heterocycles. The molecule has 1 saturated heterocycles. The molecule has 0 bridgehead atoms. The molecular weight excluding hydrogens is 368 g/mol. The maximum Gasteiger partial charge on any atom is 0.231 e. The number of nitrogens with zero attached hydrogens (tertiary/aromatic N) is 1. The highest BCUT2D eigenvalue weighted by Gasteiger charge is 2.41. The topological polar surface area (TPSA) is 67.9 Å². The average Bonchev–Trinajstić information content (AvgIpc) is 3.05. The summed E-state index contributed by atoms with van der Waals surface area (Å²) < 4.78 is 11.0. The van der Waals surface area contributed by atoms with E-state index >= 15 is 0 Å². The first kappa shape index (κ1) is 20.0. The highest BCUT2D eigenvalue weighted by molar-refractivity contribution is 5.89. The third-order valence-corrected chi connectivity index (χ3v) is 6.65. The Bertz CT molecular complexity index is 734. The van der Waals surface area contributed by atoms with E-state index in [1.54, 1.807) is 0 Å². The van der Waals surface area contributed by atoms with Crippen molar-refractivity contribution < 1.29 is 19.1 Å². The van der Waals surface area contributed by atoms with E-state index < -0.39 is 5.41 Å². The van der Waals surface area contributed by atoms with Crippen LogP contribution in [0.15, 0.2) is 18.2 Å². The van der Waals surface area contributed by atoms with Crippen LogP contribution in [0.2, 0.25) is 0 Å². The van der Waals surface area contributed by atoms with Gasteiger partial charge < -0.3 is 19.7 Å². The Morgan fingerprint density at radius 2 is 1.62 bits per heavy atom. The zero-order chi connectivity index (χ0) is 20.1. The van der Waals surface area contributed by atoms with Gasteiger partial charge in [0.15, 0.2) is 11.5 Å². The third kappa shape index (κ3) is 4.36. The summed E-state index contributed by atoms with van der Waals surface area (Å²) in [5.74, 6) is 1.66. The molecule has 1 N–H and O–H groups in total. The smallest absolute Gasteiger partial charge is 0.231 e. The molecule has 6 heteroatoms. The molecule has 0 unspecified atom stereocenters. The minimum atomic E-state index is -0.537. The molecule has 29 heavy (non-hydrogen) atoms. The van der Waals surface area contributed by atoms with E-state index in [1.165, 1.54) is 12.8 Å². The van der Waals surface area contributed by atoms with Gasteiger partial charge in [0, 0.05) is 26.1 Å². The van der Waals surface area contributed by atoms with Crippen LogP contribution < -0.4 is 14.8 Å². The molecule has 1 aliphatic carbocycles. The van der Waals surface area contributed by atoms with Gasteiger partial charge in [-0.2, -0.15) is 0 Å². The van der Waals surface area contributed by atoms with Crippen LogP contribution in [-0.4, -0.2) is 43.1 Å². The molecule has 2 amide bonds. The van der Waals surface area contributed by atoms with Gasteiger partial charge in [-0.1, -0.05) is 38.2 Å². The van der Waals surface area contributed by atoms with Gasteiger partial charge in [-0.05, 0) is 43.4 Å². The summed E-state index contributed by atoms with van der Waals surface area (Å²) in [6, 6.07) is 5.88. The van der Waals surface area contributed by atoms with Crippen LogP contribution in [0.4, 0.5) is 0 Å². The molecular formula is C23H32N2O4. The molecule has 3 aliphatic rings. The maximum atomic E-state index is 13.3. The fourth-order valence-electron chi connectivity index (χ4n) is 4.93. The van der Waals surface area contributed by atoms with Gasteiger partial charge in [0.25, 0.3) is 0 Å². The van der Waals surface area contributed by atoms with E-state index in [1.807, 2.05) is 23.1 Å². The van der Waals surface area contributed by atoms with E-state index in [-0.39, 0.29) is 18.6 Å². The Hall–Kier alpha value is -2.24. The molecule has 0 radical (unpaired) electrons. The van der Waals surface area contributed by atoms with Crippen molar-refractivity contribution in [2.75, 3.05) is 26.4 Å².